The van der Waals surface area contributed by atoms with Crippen molar-refractivity contribution in [2.75, 3.05) is 6.61 Å². The lowest BCUT2D eigenvalue weighted by Gasteiger charge is -2.48. The quantitative estimate of drug-likeness (QED) is 0.705. The largest absolute Gasteiger partial charge is 0.388 e. The van der Waals surface area contributed by atoms with Gasteiger partial charge in [-0.25, -0.2) is 0 Å². The number of halogens is 3. The normalized spacial score (nSPS) is 29.7. The van der Waals surface area contributed by atoms with Crippen LogP contribution in [0.5, 0.6) is 0 Å². The van der Waals surface area contributed by atoms with Gasteiger partial charge in [-0.15, -0.1) is 12.3 Å². The van der Waals surface area contributed by atoms with E-state index in [2.05, 4.69) is 19.7 Å². The number of alkyl halides is 3. The molecule has 0 spiro atoms. The smallest absolute Gasteiger partial charge is 0.383 e. The van der Waals surface area contributed by atoms with Crippen molar-refractivity contribution in [3.8, 4) is 0 Å². The first kappa shape index (κ1) is 17.2. The predicted octanol–water partition coefficient (Wildman–Crippen LogP) is 2.48. The Morgan fingerprint density at radius 2 is 2.11 bits per heavy atom. The molecule has 1 fully saturated rings. The Morgan fingerprint density at radius 3 is 2.53 bits per heavy atom. The summed E-state index contributed by atoms with van der Waals surface area (Å²) in [6, 6.07) is 0.339. The third-order valence-corrected chi connectivity index (χ3v) is 26.9. The minimum atomic E-state index is -4.02. The van der Waals surface area contributed by atoms with Gasteiger partial charge >= 0.3 is 6.18 Å². The highest BCUT2D eigenvalue weighted by Gasteiger charge is 2.50. The van der Waals surface area contributed by atoms with Crippen LogP contribution in [-0.2, 0) is 4.74 Å². The van der Waals surface area contributed by atoms with E-state index in [0.717, 1.165) is 36.1 Å². The van der Waals surface area contributed by atoms with Crippen LogP contribution >= 0.6 is 0 Å². The molecule has 112 valence electrons. The Bertz CT molecular complexity index is 316. The van der Waals surface area contributed by atoms with E-state index in [1.807, 2.05) is 5.70 Å². The van der Waals surface area contributed by atoms with Gasteiger partial charge in [-0.3, -0.25) is 0 Å². The summed E-state index contributed by atoms with van der Waals surface area (Å²) in [6.07, 6.45) is -1.38. The highest BCUT2D eigenvalue weighted by molar-refractivity contribution is 7.37. The lowest BCUT2D eigenvalue weighted by molar-refractivity contribution is -0.130. The van der Waals surface area contributed by atoms with E-state index in [1.165, 1.54) is 0 Å². The molecule has 1 aliphatic rings. The Morgan fingerprint density at radius 1 is 1.47 bits per heavy atom. The van der Waals surface area contributed by atoms with Crippen molar-refractivity contribution >= 4 is 26.1 Å². The van der Waals surface area contributed by atoms with Gasteiger partial charge in [-0.1, -0.05) is 19.1 Å². The monoisotopic (exact) mass is 326 g/mol. The predicted molar refractivity (Wildman–Crippen MR) is 82.8 cm³/mol. The molecule has 7 heteroatoms. The zero-order valence-electron chi connectivity index (χ0n) is 12.1. The first-order valence-corrected chi connectivity index (χ1v) is 14.3. The highest BCUT2D eigenvalue weighted by atomic mass is 29.2. The molecule has 1 saturated heterocycles. The summed E-state index contributed by atoms with van der Waals surface area (Å²) < 4.78 is 43.4. The topological polar surface area (TPSA) is 9.23 Å². The summed E-state index contributed by atoms with van der Waals surface area (Å²) in [5, 5.41) is 0. The molecule has 1 heterocycles. The van der Waals surface area contributed by atoms with Gasteiger partial charge < -0.3 is 4.74 Å². The second-order valence-electron chi connectivity index (χ2n) is 6.08. The van der Waals surface area contributed by atoms with Crippen LogP contribution in [0.2, 0.25) is 19.1 Å². The number of hydrogen-bond acceptors (Lipinski definition) is 1. The molecule has 0 N–H and O–H groups in total. The number of hydrogen-bond donors (Lipinski definition) is 0. The fraction of sp³-hybridized carbons (Fsp3) is 0.833. The van der Waals surface area contributed by atoms with Crippen LogP contribution < -0.4 is 0 Å². The Balaban J connectivity index is 2.80. The SMILES string of the molecule is C=C[Si](C)([SiH](C)CCC(F)(F)F)C1([SiH3])CCCCO1. The summed E-state index contributed by atoms with van der Waals surface area (Å²) in [4.78, 5) is -0.0652. The molecular weight excluding hydrogens is 301 g/mol. The molecule has 1 aliphatic heterocycles. The van der Waals surface area contributed by atoms with Gasteiger partial charge in [0, 0.05) is 36.4 Å². The first-order chi connectivity index (χ1) is 8.65. The van der Waals surface area contributed by atoms with Crippen molar-refractivity contribution in [2.24, 2.45) is 0 Å². The van der Waals surface area contributed by atoms with E-state index in [9.17, 15) is 13.2 Å². The second-order valence-corrected chi connectivity index (χ2v) is 21.7. The minimum Gasteiger partial charge on any atom is -0.383 e. The van der Waals surface area contributed by atoms with Crippen molar-refractivity contribution in [1.29, 1.82) is 0 Å². The molecule has 0 amide bonds. The van der Waals surface area contributed by atoms with Gasteiger partial charge in [-0.2, -0.15) is 13.2 Å². The van der Waals surface area contributed by atoms with Crippen LogP contribution in [0.4, 0.5) is 13.2 Å². The van der Waals surface area contributed by atoms with Crippen molar-refractivity contribution in [3.63, 3.8) is 0 Å². The zero-order chi connectivity index (χ0) is 14.7. The van der Waals surface area contributed by atoms with Crippen molar-refractivity contribution in [2.45, 2.75) is 55.8 Å². The Hall–Kier alpha value is 0.141. The molecular formula is C12H25F3OSi3. The van der Waals surface area contributed by atoms with Gasteiger partial charge in [0.1, 0.15) is 0 Å². The average molecular weight is 327 g/mol. The van der Waals surface area contributed by atoms with Crippen molar-refractivity contribution in [1.82, 2.24) is 0 Å². The average Bonchev–Trinajstić information content (AvgIpc) is 2.34. The van der Waals surface area contributed by atoms with Crippen molar-refractivity contribution < 1.29 is 17.9 Å². The Labute approximate surface area is 119 Å². The summed E-state index contributed by atoms with van der Waals surface area (Å²) in [5.74, 6) is 0. The zero-order valence-corrected chi connectivity index (χ0v) is 16.3. The lowest BCUT2D eigenvalue weighted by atomic mass is 10.2. The maximum absolute atomic E-state index is 12.4. The number of rotatable bonds is 5. The minimum absolute atomic E-state index is 0.0652. The first-order valence-electron chi connectivity index (χ1n) is 6.99. The van der Waals surface area contributed by atoms with Gasteiger partial charge in [-0.05, 0) is 19.3 Å². The van der Waals surface area contributed by atoms with E-state index in [4.69, 9.17) is 4.74 Å². The molecule has 1 nitrogen and oxygen atoms in total. The molecule has 0 aromatic rings. The standard InChI is InChI=1S/C12H25F3OSi3/c1-4-19(3,12(17)7-5-6-9-16-12)18(2)10-8-11(13,14)15/h4,18H,1,5-10H2,2-3,17H3. The molecule has 0 saturated carbocycles. The fourth-order valence-corrected chi connectivity index (χ4v) is 20.2. The van der Waals surface area contributed by atoms with E-state index >= 15 is 0 Å². The van der Waals surface area contributed by atoms with Crippen LogP contribution in [0, 0.1) is 0 Å². The molecule has 1 rings (SSSR count). The molecule has 0 radical (unpaired) electrons. The fourth-order valence-electron chi connectivity index (χ4n) is 2.98. The highest BCUT2D eigenvalue weighted by Crippen LogP contribution is 2.36. The maximum atomic E-state index is 12.4. The van der Waals surface area contributed by atoms with Crippen LogP contribution in [0.1, 0.15) is 25.7 Å². The van der Waals surface area contributed by atoms with Gasteiger partial charge in [0.05, 0.1) is 7.59 Å². The third kappa shape index (κ3) is 4.05. The summed E-state index contributed by atoms with van der Waals surface area (Å²) in [6.45, 7) is 9.06. The molecule has 19 heavy (non-hydrogen) atoms. The third-order valence-electron chi connectivity index (χ3n) is 4.92. The lowest BCUT2D eigenvalue weighted by Crippen LogP contribution is -2.67. The summed E-state index contributed by atoms with van der Waals surface area (Å²) in [5.41, 5.74) is 2.03. The molecule has 3 unspecified atom stereocenters. The molecule has 0 bridgehead atoms. The molecule has 0 aromatic carbocycles. The van der Waals surface area contributed by atoms with E-state index < -0.39 is 28.5 Å². The molecule has 0 aromatic heterocycles. The number of ether oxygens (including phenoxy) is 1. The van der Waals surface area contributed by atoms with E-state index in [0.29, 0.717) is 6.04 Å². The van der Waals surface area contributed by atoms with E-state index in [1.54, 1.807) is 0 Å². The Kier molecular flexibility index (Phi) is 5.68. The van der Waals surface area contributed by atoms with Gasteiger partial charge in [0.2, 0.25) is 0 Å². The summed E-state index contributed by atoms with van der Waals surface area (Å²) >= 11 is 0. The van der Waals surface area contributed by atoms with Crippen molar-refractivity contribution in [3.05, 3.63) is 12.3 Å². The maximum Gasteiger partial charge on any atom is 0.388 e. The van der Waals surface area contributed by atoms with Crippen LogP contribution in [0.15, 0.2) is 12.3 Å². The van der Waals surface area contributed by atoms with Crippen LogP contribution in [-0.4, -0.2) is 43.8 Å². The summed E-state index contributed by atoms with van der Waals surface area (Å²) in [7, 11) is -2.46. The molecule has 0 aliphatic carbocycles. The van der Waals surface area contributed by atoms with Gasteiger partial charge in [0.25, 0.3) is 0 Å². The second kappa shape index (κ2) is 6.28. The van der Waals surface area contributed by atoms with Crippen LogP contribution in [0.3, 0.4) is 0 Å². The van der Waals surface area contributed by atoms with Gasteiger partial charge in [0.15, 0.2) is 0 Å². The molecule has 3 atom stereocenters. The van der Waals surface area contributed by atoms with E-state index in [-0.39, 0.29) is 4.85 Å². The van der Waals surface area contributed by atoms with Crippen LogP contribution in [0.25, 0.3) is 0 Å².